The van der Waals surface area contributed by atoms with Crippen LogP contribution in [0.4, 0.5) is 5.88 Å². The molecule has 5 heteroatoms. The lowest BCUT2D eigenvalue weighted by molar-refractivity contribution is -0.130. The summed E-state index contributed by atoms with van der Waals surface area (Å²) in [7, 11) is 0. The Morgan fingerprint density at radius 1 is 1.69 bits per heavy atom. The van der Waals surface area contributed by atoms with E-state index in [1.807, 2.05) is 0 Å². The highest BCUT2D eigenvalue weighted by Gasteiger charge is 2.24. The summed E-state index contributed by atoms with van der Waals surface area (Å²) in [6.45, 7) is 4.53. The van der Waals surface area contributed by atoms with E-state index in [1.165, 1.54) is 13.8 Å². The molecule has 1 amide bonds. The van der Waals surface area contributed by atoms with E-state index in [4.69, 9.17) is 4.52 Å². The van der Waals surface area contributed by atoms with Gasteiger partial charge in [0.25, 0.3) is 5.91 Å². The van der Waals surface area contributed by atoms with Crippen LogP contribution < -0.4 is 5.32 Å². The highest BCUT2D eigenvalue weighted by molar-refractivity contribution is 5.95. The molecule has 0 fully saturated rings. The molecule has 0 radical (unpaired) electrons. The van der Waals surface area contributed by atoms with Crippen LogP contribution in [-0.4, -0.2) is 21.8 Å². The summed E-state index contributed by atoms with van der Waals surface area (Å²) in [5.41, 5.74) is -0.744. The Hall–Kier alpha value is -1.36. The smallest absolute Gasteiger partial charge is 0.258 e. The van der Waals surface area contributed by atoms with Crippen molar-refractivity contribution in [1.29, 1.82) is 0 Å². The minimum atomic E-state index is -1.42. The first-order valence-electron chi connectivity index (χ1n) is 3.87. The van der Waals surface area contributed by atoms with Crippen LogP contribution in [-0.2, 0) is 4.79 Å². The van der Waals surface area contributed by atoms with Gasteiger partial charge in [0.15, 0.2) is 0 Å². The zero-order valence-corrected chi connectivity index (χ0v) is 7.79. The maximum absolute atomic E-state index is 11.2. The molecule has 13 heavy (non-hydrogen) atoms. The van der Waals surface area contributed by atoms with Gasteiger partial charge in [-0.1, -0.05) is 5.16 Å². The van der Waals surface area contributed by atoms with E-state index in [-0.39, 0.29) is 5.88 Å². The Morgan fingerprint density at radius 3 is 2.69 bits per heavy atom. The van der Waals surface area contributed by atoms with Crippen molar-refractivity contribution in [2.45, 2.75) is 26.4 Å². The number of aliphatic hydroxyl groups is 1. The van der Waals surface area contributed by atoms with Gasteiger partial charge in [0, 0.05) is 6.07 Å². The first-order chi connectivity index (χ1) is 5.89. The average molecular weight is 184 g/mol. The fourth-order valence-corrected chi connectivity index (χ4v) is 0.687. The molecule has 1 rings (SSSR count). The minimum Gasteiger partial charge on any atom is -0.381 e. The number of amides is 1. The zero-order chi connectivity index (χ0) is 10.1. The highest BCUT2D eigenvalue weighted by Crippen LogP contribution is 2.11. The van der Waals surface area contributed by atoms with Crippen LogP contribution in [0.2, 0.25) is 0 Å². The Morgan fingerprint density at radius 2 is 2.31 bits per heavy atom. The van der Waals surface area contributed by atoms with Gasteiger partial charge in [-0.2, -0.15) is 0 Å². The van der Waals surface area contributed by atoms with E-state index in [0.29, 0.717) is 5.69 Å². The van der Waals surface area contributed by atoms with Gasteiger partial charge in [0.2, 0.25) is 5.88 Å². The molecule has 1 heterocycles. The third kappa shape index (κ3) is 2.55. The second-order valence-electron chi connectivity index (χ2n) is 3.35. The van der Waals surface area contributed by atoms with Gasteiger partial charge in [0.1, 0.15) is 5.60 Å². The number of carbonyl (C=O) groups excluding carboxylic acids is 1. The van der Waals surface area contributed by atoms with Crippen LogP contribution in [0.3, 0.4) is 0 Å². The molecule has 2 N–H and O–H groups in total. The van der Waals surface area contributed by atoms with Crippen molar-refractivity contribution in [1.82, 2.24) is 5.16 Å². The standard InChI is InChI=1S/C8H12N2O3/c1-5-4-6(13-10-5)9-7(11)8(2,3)12/h4,12H,1-3H3,(H,9,11). The number of nitrogens with one attached hydrogen (secondary N) is 1. The fraction of sp³-hybridized carbons (Fsp3) is 0.500. The third-order valence-electron chi connectivity index (χ3n) is 1.42. The van der Waals surface area contributed by atoms with Crippen LogP contribution in [0.1, 0.15) is 19.5 Å². The van der Waals surface area contributed by atoms with E-state index < -0.39 is 11.5 Å². The number of hydrogen-bond donors (Lipinski definition) is 2. The van der Waals surface area contributed by atoms with Crippen molar-refractivity contribution in [3.8, 4) is 0 Å². The molecule has 72 valence electrons. The van der Waals surface area contributed by atoms with E-state index in [2.05, 4.69) is 10.5 Å². The van der Waals surface area contributed by atoms with Crippen LogP contribution >= 0.6 is 0 Å². The number of nitrogens with zero attached hydrogens (tertiary/aromatic N) is 1. The summed E-state index contributed by atoms with van der Waals surface area (Å²) in [5.74, 6) is -0.284. The molecule has 0 aliphatic rings. The summed E-state index contributed by atoms with van der Waals surface area (Å²) in [5, 5.41) is 15.2. The van der Waals surface area contributed by atoms with E-state index in [1.54, 1.807) is 13.0 Å². The number of aryl methyl sites for hydroxylation is 1. The molecule has 0 aromatic carbocycles. The Bertz CT molecular complexity index is 311. The topological polar surface area (TPSA) is 75.4 Å². The molecule has 0 aliphatic heterocycles. The molecule has 0 atom stereocenters. The van der Waals surface area contributed by atoms with Gasteiger partial charge in [-0.15, -0.1) is 0 Å². The summed E-state index contributed by atoms with van der Waals surface area (Å²) in [4.78, 5) is 11.2. The number of anilines is 1. The lowest BCUT2D eigenvalue weighted by atomic mass is 10.1. The van der Waals surface area contributed by atoms with Crippen LogP contribution in [0.15, 0.2) is 10.6 Å². The Kier molecular flexibility index (Phi) is 2.38. The van der Waals surface area contributed by atoms with E-state index in [9.17, 15) is 9.90 Å². The van der Waals surface area contributed by atoms with Crippen LogP contribution in [0.25, 0.3) is 0 Å². The molecule has 5 nitrogen and oxygen atoms in total. The Balaban J connectivity index is 2.65. The van der Waals surface area contributed by atoms with Crippen LogP contribution in [0, 0.1) is 6.92 Å². The summed E-state index contributed by atoms with van der Waals surface area (Å²) in [6, 6.07) is 1.57. The van der Waals surface area contributed by atoms with Crippen molar-refractivity contribution < 1.29 is 14.4 Å². The third-order valence-corrected chi connectivity index (χ3v) is 1.42. The number of hydrogen-bond acceptors (Lipinski definition) is 4. The monoisotopic (exact) mass is 184 g/mol. The summed E-state index contributed by atoms with van der Waals surface area (Å²) < 4.78 is 4.74. The van der Waals surface area contributed by atoms with Gasteiger partial charge in [-0.25, -0.2) is 0 Å². The molecular weight excluding hydrogens is 172 g/mol. The molecule has 1 aromatic rings. The maximum Gasteiger partial charge on any atom is 0.258 e. The highest BCUT2D eigenvalue weighted by atomic mass is 16.5. The van der Waals surface area contributed by atoms with Crippen molar-refractivity contribution in [2.75, 3.05) is 5.32 Å². The van der Waals surface area contributed by atoms with E-state index in [0.717, 1.165) is 0 Å². The zero-order valence-electron chi connectivity index (χ0n) is 7.79. The normalized spacial score (nSPS) is 11.4. The molecule has 1 aromatic heterocycles. The summed E-state index contributed by atoms with van der Waals surface area (Å²) >= 11 is 0. The van der Waals surface area contributed by atoms with Gasteiger partial charge >= 0.3 is 0 Å². The second-order valence-corrected chi connectivity index (χ2v) is 3.35. The van der Waals surface area contributed by atoms with Gasteiger partial charge < -0.3 is 9.63 Å². The van der Waals surface area contributed by atoms with Gasteiger partial charge in [0.05, 0.1) is 5.69 Å². The first-order valence-corrected chi connectivity index (χ1v) is 3.87. The molecule has 0 aliphatic carbocycles. The van der Waals surface area contributed by atoms with Crippen molar-refractivity contribution in [2.24, 2.45) is 0 Å². The largest absolute Gasteiger partial charge is 0.381 e. The SMILES string of the molecule is Cc1cc(NC(=O)C(C)(C)O)on1. The average Bonchev–Trinajstić information content (AvgIpc) is 2.33. The molecule has 0 saturated carbocycles. The molecular formula is C8H12N2O3. The van der Waals surface area contributed by atoms with E-state index >= 15 is 0 Å². The second kappa shape index (κ2) is 3.18. The number of aromatic nitrogens is 1. The maximum atomic E-state index is 11.2. The minimum absolute atomic E-state index is 0.240. The van der Waals surface area contributed by atoms with Gasteiger partial charge in [-0.3, -0.25) is 10.1 Å². The van der Waals surface area contributed by atoms with Crippen LogP contribution in [0.5, 0.6) is 0 Å². The quantitative estimate of drug-likeness (QED) is 0.709. The van der Waals surface area contributed by atoms with Crippen molar-refractivity contribution >= 4 is 11.8 Å². The summed E-state index contributed by atoms with van der Waals surface area (Å²) in [6.07, 6.45) is 0. The molecule has 0 spiro atoms. The lowest BCUT2D eigenvalue weighted by Gasteiger charge is -2.14. The Labute approximate surface area is 75.7 Å². The van der Waals surface area contributed by atoms with Crippen molar-refractivity contribution in [3.63, 3.8) is 0 Å². The predicted octanol–water partition coefficient (Wildman–Crippen LogP) is 0.692. The molecule has 0 saturated heterocycles. The fourth-order valence-electron chi connectivity index (χ4n) is 0.687. The first kappa shape index (κ1) is 9.73. The number of carbonyl (C=O) groups is 1. The van der Waals surface area contributed by atoms with Gasteiger partial charge in [-0.05, 0) is 20.8 Å². The molecule has 0 unspecified atom stereocenters. The van der Waals surface area contributed by atoms with Crippen molar-refractivity contribution in [3.05, 3.63) is 11.8 Å². The molecule has 0 bridgehead atoms. The number of rotatable bonds is 2. The lowest BCUT2D eigenvalue weighted by Crippen LogP contribution is -2.36. The predicted molar refractivity (Wildman–Crippen MR) is 46.2 cm³/mol.